The Kier molecular flexibility index (Phi) is 4.25. The number of hydrogen-bond acceptors (Lipinski definition) is 4. The molecule has 2 N–H and O–H groups in total. The molecule has 1 aliphatic carbocycles. The van der Waals surface area contributed by atoms with Gasteiger partial charge in [0.1, 0.15) is 11.5 Å². The zero-order chi connectivity index (χ0) is 17.4. The van der Waals surface area contributed by atoms with Crippen LogP contribution in [0.2, 0.25) is 0 Å². The smallest absolute Gasteiger partial charge is 0.320 e. The highest BCUT2D eigenvalue weighted by molar-refractivity contribution is 5.89. The fourth-order valence-corrected chi connectivity index (χ4v) is 3.40. The number of anilines is 1. The van der Waals surface area contributed by atoms with Gasteiger partial charge in [0.25, 0.3) is 0 Å². The first-order valence-corrected chi connectivity index (χ1v) is 8.94. The number of rotatable bonds is 5. The van der Waals surface area contributed by atoms with E-state index in [0.29, 0.717) is 23.2 Å². The average molecular weight is 344 g/mol. The van der Waals surface area contributed by atoms with Gasteiger partial charge in [0.05, 0.1) is 18.4 Å². The highest BCUT2D eigenvalue weighted by atomic mass is 16.5. The number of aromatic nitrogens is 2. The molecule has 0 radical (unpaired) electrons. The Hall–Kier alpha value is -2.28. The Bertz CT molecular complexity index is 734. The SMILES string of the molecule is CC(C)n1nc(-c2ccco2)cc1NC(=O)N[C@@H]1CCO[C@H]1C1CC1. The minimum Gasteiger partial charge on any atom is -0.463 e. The fraction of sp³-hybridized carbons (Fsp3) is 0.556. The second kappa shape index (κ2) is 6.55. The van der Waals surface area contributed by atoms with E-state index < -0.39 is 0 Å². The fourth-order valence-electron chi connectivity index (χ4n) is 3.40. The summed E-state index contributed by atoms with van der Waals surface area (Å²) in [6.07, 6.45) is 5.06. The number of carbonyl (C=O) groups is 1. The van der Waals surface area contributed by atoms with E-state index in [1.165, 1.54) is 12.8 Å². The molecular weight excluding hydrogens is 320 g/mol. The van der Waals surface area contributed by atoms with Crippen LogP contribution in [0.5, 0.6) is 0 Å². The number of urea groups is 1. The predicted molar refractivity (Wildman–Crippen MR) is 93.3 cm³/mol. The number of amides is 2. The van der Waals surface area contributed by atoms with Crippen LogP contribution in [-0.2, 0) is 4.74 Å². The van der Waals surface area contributed by atoms with Crippen molar-refractivity contribution in [1.29, 1.82) is 0 Å². The van der Waals surface area contributed by atoms with Gasteiger partial charge in [-0.15, -0.1) is 0 Å². The first-order chi connectivity index (χ1) is 12.1. The number of furan rings is 1. The van der Waals surface area contributed by atoms with Crippen LogP contribution in [0.1, 0.15) is 39.2 Å². The number of nitrogens with one attached hydrogen (secondary N) is 2. The molecule has 4 rings (SSSR count). The van der Waals surface area contributed by atoms with Crippen molar-refractivity contribution in [3.8, 4) is 11.5 Å². The summed E-state index contributed by atoms with van der Waals surface area (Å²) in [4.78, 5) is 12.5. The zero-order valence-corrected chi connectivity index (χ0v) is 14.6. The largest absolute Gasteiger partial charge is 0.463 e. The minimum atomic E-state index is -0.214. The lowest BCUT2D eigenvalue weighted by Crippen LogP contribution is -2.43. The number of hydrogen-bond donors (Lipinski definition) is 2. The summed E-state index contributed by atoms with van der Waals surface area (Å²) >= 11 is 0. The van der Waals surface area contributed by atoms with Crippen LogP contribution in [0.3, 0.4) is 0 Å². The minimum absolute atomic E-state index is 0.0902. The van der Waals surface area contributed by atoms with E-state index in [1.54, 1.807) is 10.9 Å². The molecule has 0 bridgehead atoms. The molecule has 7 nitrogen and oxygen atoms in total. The molecule has 134 valence electrons. The van der Waals surface area contributed by atoms with Gasteiger partial charge in [-0.05, 0) is 51.2 Å². The van der Waals surface area contributed by atoms with Crippen LogP contribution in [0.15, 0.2) is 28.9 Å². The van der Waals surface area contributed by atoms with Gasteiger partial charge in [0, 0.05) is 18.7 Å². The topological polar surface area (TPSA) is 81.3 Å². The molecule has 2 atom stereocenters. The van der Waals surface area contributed by atoms with E-state index in [9.17, 15) is 4.79 Å². The lowest BCUT2D eigenvalue weighted by molar-refractivity contribution is 0.0829. The molecule has 1 aliphatic heterocycles. The van der Waals surface area contributed by atoms with Gasteiger partial charge in [-0.2, -0.15) is 5.10 Å². The Morgan fingerprint density at radius 3 is 2.88 bits per heavy atom. The summed E-state index contributed by atoms with van der Waals surface area (Å²) in [5.74, 6) is 1.95. The predicted octanol–water partition coefficient (Wildman–Crippen LogP) is 3.41. The molecule has 2 amide bonds. The molecular formula is C18H24N4O3. The first kappa shape index (κ1) is 16.2. The molecule has 2 aromatic rings. The van der Waals surface area contributed by atoms with Gasteiger partial charge in [0.15, 0.2) is 5.76 Å². The second-order valence-electron chi connectivity index (χ2n) is 7.10. The first-order valence-electron chi connectivity index (χ1n) is 8.94. The van der Waals surface area contributed by atoms with E-state index in [-0.39, 0.29) is 24.2 Å². The summed E-state index contributed by atoms with van der Waals surface area (Å²) in [5.41, 5.74) is 0.703. The summed E-state index contributed by atoms with van der Waals surface area (Å²) in [7, 11) is 0. The van der Waals surface area contributed by atoms with Crippen molar-refractivity contribution in [3.63, 3.8) is 0 Å². The highest BCUT2D eigenvalue weighted by Crippen LogP contribution is 2.38. The quantitative estimate of drug-likeness (QED) is 0.871. The normalized spacial score (nSPS) is 23.2. The van der Waals surface area contributed by atoms with Gasteiger partial charge in [-0.25, -0.2) is 9.48 Å². The van der Waals surface area contributed by atoms with Crippen LogP contribution in [-0.4, -0.2) is 34.6 Å². The molecule has 0 unspecified atom stereocenters. The van der Waals surface area contributed by atoms with E-state index in [1.807, 2.05) is 32.0 Å². The Labute approximate surface area is 146 Å². The van der Waals surface area contributed by atoms with Crippen molar-refractivity contribution in [1.82, 2.24) is 15.1 Å². The van der Waals surface area contributed by atoms with Crippen LogP contribution in [0.4, 0.5) is 10.6 Å². The standard InChI is InChI=1S/C18H24N4O3/c1-11(2)22-16(10-14(21-22)15-4-3-8-24-15)20-18(23)19-13-7-9-25-17(13)12-5-6-12/h3-4,8,10-13,17H,5-7,9H2,1-2H3,(H2,19,20,23)/t13-,17+/m1/s1. The van der Waals surface area contributed by atoms with Crippen molar-refractivity contribution >= 4 is 11.8 Å². The zero-order valence-electron chi connectivity index (χ0n) is 14.6. The lowest BCUT2D eigenvalue weighted by atomic mass is 10.1. The van der Waals surface area contributed by atoms with E-state index >= 15 is 0 Å². The maximum absolute atomic E-state index is 12.5. The summed E-state index contributed by atoms with van der Waals surface area (Å²) < 4.78 is 13.0. The van der Waals surface area contributed by atoms with Crippen LogP contribution < -0.4 is 10.6 Å². The van der Waals surface area contributed by atoms with Gasteiger partial charge in [-0.3, -0.25) is 5.32 Å². The van der Waals surface area contributed by atoms with Gasteiger partial charge < -0.3 is 14.5 Å². The summed E-state index contributed by atoms with van der Waals surface area (Å²) in [5, 5.41) is 10.5. The van der Waals surface area contributed by atoms with Crippen molar-refractivity contribution < 1.29 is 13.9 Å². The average Bonchev–Trinajstić information content (AvgIpc) is 3.01. The molecule has 1 saturated carbocycles. The van der Waals surface area contributed by atoms with Gasteiger partial charge in [-0.1, -0.05) is 0 Å². The number of carbonyl (C=O) groups excluding carboxylic acids is 1. The van der Waals surface area contributed by atoms with E-state index in [4.69, 9.17) is 9.15 Å². The Balaban J connectivity index is 1.46. The maximum Gasteiger partial charge on any atom is 0.320 e. The molecule has 2 aliphatic rings. The van der Waals surface area contributed by atoms with Crippen LogP contribution in [0, 0.1) is 5.92 Å². The van der Waals surface area contributed by atoms with Gasteiger partial charge >= 0.3 is 6.03 Å². The molecule has 2 fully saturated rings. The molecule has 7 heteroatoms. The molecule has 25 heavy (non-hydrogen) atoms. The van der Waals surface area contributed by atoms with Crippen molar-refractivity contribution in [2.24, 2.45) is 5.92 Å². The third-order valence-corrected chi connectivity index (χ3v) is 4.78. The monoisotopic (exact) mass is 344 g/mol. The van der Waals surface area contributed by atoms with E-state index in [2.05, 4.69) is 15.7 Å². The molecule has 0 spiro atoms. The van der Waals surface area contributed by atoms with Crippen molar-refractivity contribution in [2.45, 2.75) is 51.3 Å². The van der Waals surface area contributed by atoms with E-state index in [0.717, 1.165) is 13.0 Å². The molecule has 3 heterocycles. The number of ether oxygens (including phenoxy) is 1. The van der Waals surface area contributed by atoms with Crippen molar-refractivity contribution in [3.05, 3.63) is 24.5 Å². The van der Waals surface area contributed by atoms with Gasteiger partial charge in [0.2, 0.25) is 0 Å². The number of nitrogens with zero attached hydrogens (tertiary/aromatic N) is 2. The molecule has 0 aromatic carbocycles. The molecule has 1 saturated heterocycles. The third-order valence-electron chi connectivity index (χ3n) is 4.78. The summed E-state index contributed by atoms with van der Waals surface area (Å²) in [6, 6.07) is 5.51. The second-order valence-corrected chi connectivity index (χ2v) is 7.10. The summed E-state index contributed by atoms with van der Waals surface area (Å²) in [6.45, 7) is 4.77. The molecule has 2 aromatic heterocycles. The highest BCUT2D eigenvalue weighted by Gasteiger charge is 2.41. The third kappa shape index (κ3) is 3.42. The van der Waals surface area contributed by atoms with Crippen molar-refractivity contribution in [2.75, 3.05) is 11.9 Å². The maximum atomic E-state index is 12.5. The Morgan fingerprint density at radius 2 is 2.20 bits per heavy atom. The van der Waals surface area contributed by atoms with Crippen LogP contribution >= 0.6 is 0 Å². The van der Waals surface area contributed by atoms with Crippen LogP contribution in [0.25, 0.3) is 11.5 Å². The Morgan fingerprint density at radius 1 is 1.36 bits per heavy atom. The lowest BCUT2D eigenvalue weighted by Gasteiger charge is -2.20.